The van der Waals surface area contributed by atoms with Crippen molar-refractivity contribution in [3.63, 3.8) is 0 Å². The number of furan rings is 1. The number of hydrogen-bond donors (Lipinski definition) is 0. The van der Waals surface area contributed by atoms with Gasteiger partial charge in [0.05, 0.1) is 13.4 Å². The van der Waals surface area contributed by atoms with Crippen LogP contribution < -0.4 is 0 Å². The average Bonchev–Trinajstić information content (AvgIpc) is 2.82. The van der Waals surface area contributed by atoms with Crippen LogP contribution in [0.4, 0.5) is 0 Å². The lowest BCUT2D eigenvalue weighted by molar-refractivity contribution is -0.147. The maximum absolute atomic E-state index is 11.8. The van der Waals surface area contributed by atoms with Gasteiger partial charge in [-0.25, -0.2) is 0 Å². The van der Waals surface area contributed by atoms with E-state index < -0.39 is 0 Å². The Bertz CT molecular complexity index is 315. The molecule has 1 fully saturated rings. The van der Waals surface area contributed by atoms with Crippen LogP contribution in [0.15, 0.2) is 22.8 Å². The molecule has 1 aliphatic rings. The fourth-order valence-corrected chi connectivity index (χ4v) is 1.63. The first-order chi connectivity index (χ1) is 7.31. The highest BCUT2D eigenvalue weighted by Crippen LogP contribution is 2.08. The molecule has 0 aromatic carbocycles. The molecule has 1 amide bonds. The molecular formula is C10H14N2O3. The molecule has 5 nitrogen and oxygen atoms in total. The van der Waals surface area contributed by atoms with E-state index in [4.69, 9.17) is 9.25 Å². The van der Waals surface area contributed by atoms with Crippen molar-refractivity contribution in [2.45, 2.75) is 0 Å². The summed E-state index contributed by atoms with van der Waals surface area (Å²) in [7, 11) is 1.64. The Hall–Kier alpha value is -1.33. The van der Waals surface area contributed by atoms with Crippen molar-refractivity contribution in [2.24, 2.45) is 0 Å². The average molecular weight is 210 g/mol. The SMILES string of the molecule is CON1CCN(C(=O)c2ccco2)CC1. The van der Waals surface area contributed by atoms with Crippen molar-refractivity contribution in [3.8, 4) is 0 Å². The number of carbonyl (C=O) groups is 1. The van der Waals surface area contributed by atoms with Gasteiger partial charge in [0.15, 0.2) is 5.76 Å². The van der Waals surface area contributed by atoms with Crippen LogP contribution in [0.1, 0.15) is 10.6 Å². The summed E-state index contributed by atoms with van der Waals surface area (Å²) >= 11 is 0. The second kappa shape index (κ2) is 4.46. The standard InChI is InChI=1S/C10H14N2O3/c1-14-12-6-4-11(5-7-12)10(13)9-3-2-8-15-9/h2-3,8H,4-7H2,1H3. The molecule has 0 aliphatic carbocycles. The van der Waals surface area contributed by atoms with Gasteiger partial charge < -0.3 is 14.2 Å². The van der Waals surface area contributed by atoms with Gasteiger partial charge in [-0.1, -0.05) is 0 Å². The van der Waals surface area contributed by atoms with Crippen LogP contribution in [-0.4, -0.2) is 49.2 Å². The summed E-state index contributed by atoms with van der Waals surface area (Å²) in [4.78, 5) is 18.7. The Labute approximate surface area is 88.2 Å². The molecule has 1 saturated heterocycles. The summed E-state index contributed by atoms with van der Waals surface area (Å²) in [6.07, 6.45) is 1.51. The van der Waals surface area contributed by atoms with E-state index in [2.05, 4.69) is 0 Å². The lowest BCUT2D eigenvalue weighted by Crippen LogP contribution is -2.48. The summed E-state index contributed by atoms with van der Waals surface area (Å²) in [6.45, 7) is 2.83. The fourth-order valence-electron chi connectivity index (χ4n) is 1.63. The predicted molar refractivity (Wildman–Crippen MR) is 53.2 cm³/mol. The van der Waals surface area contributed by atoms with Gasteiger partial charge in [0.25, 0.3) is 5.91 Å². The zero-order valence-electron chi connectivity index (χ0n) is 8.68. The molecule has 1 aromatic rings. The number of rotatable bonds is 2. The molecule has 0 atom stereocenters. The Morgan fingerprint density at radius 1 is 1.40 bits per heavy atom. The molecule has 0 saturated carbocycles. The van der Waals surface area contributed by atoms with E-state index in [9.17, 15) is 4.79 Å². The highest BCUT2D eigenvalue weighted by atomic mass is 16.7. The summed E-state index contributed by atoms with van der Waals surface area (Å²) in [5.41, 5.74) is 0. The Morgan fingerprint density at radius 2 is 2.13 bits per heavy atom. The Morgan fingerprint density at radius 3 is 2.67 bits per heavy atom. The molecular weight excluding hydrogens is 196 g/mol. The number of nitrogens with zero attached hydrogens (tertiary/aromatic N) is 2. The Balaban J connectivity index is 1.93. The number of amides is 1. The highest BCUT2D eigenvalue weighted by Gasteiger charge is 2.23. The second-order valence-electron chi connectivity index (χ2n) is 3.38. The normalized spacial score (nSPS) is 18.1. The van der Waals surface area contributed by atoms with Gasteiger partial charge >= 0.3 is 0 Å². The van der Waals surface area contributed by atoms with Crippen LogP contribution in [0.2, 0.25) is 0 Å². The number of piperazine rings is 1. The van der Waals surface area contributed by atoms with Crippen LogP contribution >= 0.6 is 0 Å². The van der Waals surface area contributed by atoms with E-state index in [1.54, 1.807) is 24.1 Å². The molecule has 1 aromatic heterocycles. The quantitative estimate of drug-likeness (QED) is 0.717. The number of carbonyl (C=O) groups excluding carboxylic acids is 1. The minimum absolute atomic E-state index is 0.0456. The van der Waals surface area contributed by atoms with Gasteiger partial charge in [0.1, 0.15) is 0 Å². The van der Waals surface area contributed by atoms with Crippen molar-refractivity contribution < 1.29 is 14.0 Å². The highest BCUT2D eigenvalue weighted by molar-refractivity contribution is 5.91. The summed E-state index contributed by atoms with van der Waals surface area (Å²) in [5, 5.41) is 1.84. The minimum Gasteiger partial charge on any atom is -0.459 e. The zero-order valence-corrected chi connectivity index (χ0v) is 8.68. The summed E-state index contributed by atoms with van der Waals surface area (Å²) < 4.78 is 5.07. The molecule has 82 valence electrons. The molecule has 5 heteroatoms. The minimum atomic E-state index is -0.0456. The maximum Gasteiger partial charge on any atom is 0.289 e. The lowest BCUT2D eigenvalue weighted by atomic mass is 10.3. The van der Waals surface area contributed by atoms with Gasteiger partial charge in [0.2, 0.25) is 0 Å². The maximum atomic E-state index is 11.8. The monoisotopic (exact) mass is 210 g/mol. The van der Waals surface area contributed by atoms with Crippen LogP contribution in [0.3, 0.4) is 0 Å². The van der Waals surface area contributed by atoms with Crippen molar-refractivity contribution in [1.29, 1.82) is 0 Å². The van der Waals surface area contributed by atoms with Crippen LogP contribution in [-0.2, 0) is 4.84 Å². The predicted octanol–water partition coefficient (Wildman–Crippen LogP) is 0.599. The molecule has 15 heavy (non-hydrogen) atoms. The zero-order chi connectivity index (χ0) is 10.7. The third kappa shape index (κ3) is 2.19. The number of hydroxylamine groups is 2. The molecule has 1 aliphatic heterocycles. The molecule has 2 heterocycles. The van der Waals surface area contributed by atoms with Crippen LogP contribution in [0.5, 0.6) is 0 Å². The Kier molecular flexibility index (Phi) is 3.03. The fraction of sp³-hybridized carbons (Fsp3) is 0.500. The first kappa shape index (κ1) is 10.2. The van der Waals surface area contributed by atoms with Crippen molar-refractivity contribution in [1.82, 2.24) is 9.96 Å². The van der Waals surface area contributed by atoms with Crippen molar-refractivity contribution in [2.75, 3.05) is 33.3 Å². The van der Waals surface area contributed by atoms with E-state index in [0.717, 1.165) is 13.1 Å². The van der Waals surface area contributed by atoms with Crippen molar-refractivity contribution >= 4 is 5.91 Å². The van der Waals surface area contributed by atoms with E-state index in [0.29, 0.717) is 18.8 Å². The van der Waals surface area contributed by atoms with E-state index in [1.165, 1.54) is 6.26 Å². The van der Waals surface area contributed by atoms with Crippen molar-refractivity contribution in [3.05, 3.63) is 24.2 Å². The summed E-state index contributed by atoms with van der Waals surface area (Å²) in [5.74, 6) is 0.358. The third-order valence-electron chi connectivity index (χ3n) is 2.52. The second-order valence-corrected chi connectivity index (χ2v) is 3.38. The number of hydrogen-bond acceptors (Lipinski definition) is 4. The third-order valence-corrected chi connectivity index (χ3v) is 2.52. The van der Waals surface area contributed by atoms with E-state index in [-0.39, 0.29) is 5.91 Å². The van der Waals surface area contributed by atoms with Gasteiger partial charge in [-0.05, 0) is 12.1 Å². The first-order valence-corrected chi connectivity index (χ1v) is 4.93. The van der Waals surface area contributed by atoms with Gasteiger partial charge in [-0.15, -0.1) is 0 Å². The van der Waals surface area contributed by atoms with E-state index in [1.807, 2.05) is 5.06 Å². The topological polar surface area (TPSA) is 45.9 Å². The smallest absolute Gasteiger partial charge is 0.289 e. The molecule has 0 unspecified atom stereocenters. The van der Waals surface area contributed by atoms with Gasteiger partial charge in [-0.2, -0.15) is 5.06 Å². The van der Waals surface area contributed by atoms with E-state index >= 15 is 0 Å². The molecule has 0 radical (unpaired) electrons. The molecule has 0 bridgehead atoms. The molecule has 2 rings (SSSR count). The largest absolute Gasteiger partial charge is 0.459 e. The first-order valence-electron chi connectivity index (χ1n) is 4.93. The van der Waals surface area contributed by atoms with Gasteiger partial charge in [-0.3, -0.25) is 4.79 Å². The summed E-state index contributed by atoms with van der Waals surface area (Å²) in [6, 6.07) is 3.41. The van der Waals surface area contributed by atoms with Crippen LogP contribution in [0.25, 0.3) is 0 Å². The molecule has 0 spiro atoms. The van der Waals surface area contributed by atoms with Crippen LogP contribution in [0, 0.1) is 0 Å². The van der Waals surface area contributed by atoms with Gasteiger partial charge in [0, 0.05) is 26.2 Å². The lowest BCUT2D eigenvalue weighted by Gasteiger charge is -2.32. The molecule has 0 N–H and O–H groups in total.